The maximum absolute atomic E-state index is 13.3. The average Bonchev–Trinajstić information content (AvgIpc) is 3.09. The van der Waals surface area contributed by atoms with Crippen LogP contribution >= 0.6 is 0 Å². The highest BCUT2D eigenvalue weighted by Gasteiger charge is 2.35. The SMILES string of the molecule is COc1cc2c(cc1OC)C(C)(CCCCC(CCCNC(=O)Cc1ccc(F)cc1)(c1ccccc1)c1ccccc1)NCC2. The van der Waals surface area contributed by atoms with Crippen LogP contribution in [0.1, 0.15) is 73.3 Å². The zero-order valence-electron chi connectivity index (χ0n) is 27.4. The number of halogens is 1. The molecule has 1 heterocycles. The third kappa shape index (κ3) is 7.79. The lowest BCUT2D eigenvalue weighted by molar-refractivity contribution is -0.120. The molecule has 1 aliphatic rings. The Morgan fingerprint density at radius 1 is 0.848 bits per heavy atom. The summed E-state index contributed by atoms with van der Waals surface area (Å²) in [6, 6.07) is 32.1. The minimum atomic E-state index is -0.294. The van der Waals surface area contributed by atoms with E-state index in [2.05, 4.69) is 90.4 Å². The molecule has 1 unspecified atom stereocenters. The maximum Gasteiger partial charge on any atom is 0.224 e. The molecule has 0 bridgehead atoms. The quantitative estimate of drug-likeness (QED) is 0.132. The first-order chi connectivity index (χ1) is 22.4. The van der Waals surface area contributed by atoms with Gasteiger partial charge in [0.05, 0.1) is 20.6 Å². The molecule has 6 heteroatoms. The number of benzene rings is 4. The van der Waals surface area contributed by atoms with Gasteiger partial charge >= 0.3 is 0 Å². The van der Waals surface area contributed by atoms with Crippen molar-refractivity contribution < 1.29 is 18.7 Å². The number of rotatable bonds is 15. The largest absolute Gasteiger partial charge is 0.493 e. The van der Waals surface area contributed by atoms with Gasteiger partial charge in [0.1, 0.15) is 5.82 Å². The van der Waals surface area contributed by atoms with Gasteiger partial charge in [-0.2, -0.15) is 0 Å². The van der Waals surface area contributed by atoms with Crippen LogP contribution in [0.3, 0.4) is 0 Å². The molecule has 0 fully saturated rings. The Bertz CT molecular complexity index is 1520. The molecular weight excluding hydrogens is 575 g/mol. The normalized spacial score (nSPS) is 16.0. The van der Waals surface area contributed by atoms with Crippen LogP contribution in [-0.2, 0) is 28.6 Å². The second kappa shape index (κ2) is 15.4. The fraction of sp³-hybridized carbons (Fsp3) is 0.375. The van der Waals surface area contributed by atoms with E-state index in [1.165, 1.54) is 34.4 Å². The fourth-order valence-corrected chi connectivity index (χ4v) is 7.19. The number of methoxy groups -OCH3 is 2. The molecule has 0 aliphatic carbocycles. The minimum Gasteiger partial charge on any atom is -0.493 e. The molecule has 0 saturated carbocycles. The third-order valence-electron chi connectivity index (χ3n) is 9.68. The first-order valence-corrected chi connectivity index (χ1v) is 16.5. The highest BCUT2D eigenvalue weighted by molar-refractivity contribution is 5.78. The summed E-state index contributed by atoms with van der Waals surface area (Å²) in [7, 11) is 3.39. The Morgan fingerprint density at radius 3 is 2.09 bits per heavy atom. The second-order valence-corrected chi connectivity index (χ2v) is 12.7. The monoisotopic (exact) mass is 622 g/mol. The Hall–Kier alpha value is -4.16. The number of amides is 1. The smallest absolute Gasteiger partial charge is 0.224 e. The van der Waals surface area contributed by atoms with Crippen molar-refractivity contribution >= 4 is 5.91 Å². The molecular formula is C40H47FN2O3. The van der Waals surface area contributed by atoms with Gasteiger partial charge in [0.15, 0.2) is 11.5 Å². The number of carbonyl (C=O) groups excluding carboxylic acids is 1. The lowest BCUT2D eigenvalue weighted by atomic mass is 9.68. The summed E-state index contributed by atoms with van der Waals surface area (Å²) < 4.78 is 24.5. The van der Waals surface area contributed by atoms with Crippen LogP contribution in [0.25, 0.3) is 0 Å². The molecule has 1 atom stereocenters. The molecule has 0 aromatic heterocycles. The summed E-state index contributed by atoms with van der Waals surface area (Å²) in [6.45, 7) is 3.84. The standard InChI is InChI=1S/C40H47FN2O3/c1-39(35-29-37(46-3)36(45-2)28-31(35)21-26-43-39)22-10-11-23-40(32-13-6-4-7-14-32,33-15-8-5-9-16-33)24-12-25-42-38(44)27-30-17-19-34(41)20-18-30/h4-9,13-20,28-29,43H,10-12,21-27H2,1-3H3,(H,42,44). The lowest BCUT2D eigenvalue weighted by Crippen LogP contribution is -2.45. The Labute approximate surface area is 273 Å². The minimum absolute atomic E-state index is 0.0422. The molecule has 2 N–H and O–H groups in total. The van der Waals surface area contributed by atoms with E-state index in [0.717, 1.165) is 68.6 Å². The van der Waals surface area contributed by atoms with E-state index in [0.29, 0.717) is 6.54 Å². The molecule has 46 heavy (non-hydrogen) atoms. The van der Waals surface area contributed by atoms with Crippen molar-refractivity contribution in [3.63, 3.8) is 0 Å². The van der Waals surface area contributed by atoms with Crippen molar-refractivity contribution in [3.8, 4) is 11.5 Å². The number of hydrogen-bond donors (Lipinski definition) is 2. The molecule has 4 aromatic carbocycles. The fourth-order valence-electron chi connectivity index (χ4n) is 7.19. The number of nitrogens with one attached hydrogen (secondary N) is 2. The lowest BCUT2D eigenvalue weighted by Gasteiger charge is -2.39. The van der Waals surface area contributed by atoms with Crippen molar-refractivity contribution in [1.29, 1.82) is 0 Å². The summed E-state index contributed by atoms with van der Waals surface area (Å²) in [5.74, 6) is 1.22. The molecule has 5 nitrogen and oxygen atoms in total. The predicted molar refractivity (Wildman–Crippen MR) is 183 cm³/mol. The predicted octanol–water partition coefficient (Wildman–Crippen LogP) is 7.89. The Morgan fingerprint density at radius 2 is 1.46 bits per heavy atom. The molecule has 1 aliphatic heterocycles. The van der Waals surface area contributed by atoms with Crippen LogP contribution in [-0.4, -0.2) is 33.2 Å². The molecule has 0 saturated heterocycles. The van der Waals surface area contributed by atoms with Crippen molar-refractivity contribution in [2.24, 2.45) is 0 Å². The van der Waals surface area contributed by atoms with Gasteiger partial charge < -0.3 is 20.1 Å². The van der Waals surface area contributed by atoms with Crippen LogP contribution < -0.4 is 20.1 Å². The summed E-state index contributed by atoms with van der Waals surface area (Å²) in [6.07, 6.45) is 7.09. The first kappa shape index (κ1) is 33.2. The number of fused-ring (bicyclic) bond motifs is 1. The number of ether oxygens (including phenoxy) is 2. The first-order valence-electron chi connectivity index (χ1n) is 16.5. The van der Waals surface area contributed by atoms with E-state index in [4.69, 9.17) is 9.47 Å². The number of hydrogen-bond acceptors (Lipinski definition) is 4. The Balaban J connectivity index is 1.30. The van der Waals surface area contributed by atoms with E-state index < -0.39 is 0 Å². The van der Waals surface area contributed by atoms with Crippen molar-refractivity contribution in [2.45, 2.75) is 69.2 Å². The van der Waals surface area contributed by atoms with Crippen LogP contribution in [0, 0.1) is 5.82 Å². The molecule has 1 amide bonds. The van der Waals surface area contributed by atoms with E-state index in [1.807, 2.05) is 0 Å². The molecule has 0 spiro atoms. The highest BCUT2D eigenvalue weighted by Crippen LogP contribution is 2.43. The van der Waals surface area contributed by atoms with Crippen molar-refractivity contribution in [2.75, 3.05) is 27.3 Å². The molecule has 0 radical (unpaired) electrons. The van der Waals surface area contributed by atoms with E-state index >= 15 is 0 Å². The van der Waals surface area contributed by atoms with E-state index in [9.17, 15) is 9.18 Å². The van der Waals surface area contributed by atoms with Gasteiger partial charge in [0.25, 0.3) is 0 Å². The van der Waals surface area contributed by atoms with Crippen molar-refractivity contribution in [3.05, 3.63) is 131 Å². The maximum atomic E-state index is 13.3. The second-order valence-electron chi connectivity index (χ2n) is 12.7. The highest BCUT2D eigenvalue weighted by atomic mass is 19.1. The zero-order chi connectivity index (χ0) is 32.4. The van der Waals surface area contributed by atoms with Gasteiger partial charge in [-0.15, -0.1) is 0 Å². The molecule has 242 valence electrons. The van der Waals surface area contributed by atoms with Gasteiger partial charge in [0, 0.05) is 24.0 Å². The van der Waals surface area contributed by atoms with Gasteiger partial charge in [-0.1, -0.05) is 85.6 Å². The van der Waals surface area contributed by atoms with Gasteiger partial charge in [-0.3, -0.25) is 4.79 Å². The van der Waals surface area contributed by atoms with E-state index in [-0.39, 0.29) is 29.1 Å². The summed E-state index contributed by atoms with van der Waals surface area (Å²) >= 11 is 0. The van der Waals surface area contributed by atoms with Gasteiger partial charge in [-0.05, 0) is 91.1 Å². The Kier molecular flexibility index (Phi) is 11.1. The zero-order valence-corrected chi connectivity index (χ0v) is 27.4. The van der Waals surface area contributed by atoms with Crippen molar-refractivity contribution in [1.82, 2.24) is 10.6 Å². The van der Waals surface area contributed by atoms with Crippen LogP contribution in [0.2, 0.25) is 0 Å². The van der Waals surface area contributed by atoms with Gasteiger partial charge in [-0.25, -0.2) is 4.39 Å². The topological polar surface area (TPSA) is 59.6 Å². The van der Waals surface area contributed by atoms with Crippen LogP contribution in [0.5, 0.6) is 11.5 Å². The van der Waals surface area contributed by atoms with Gasteiger partial charge in [0.2, 0.25) is 5.91 Å². The number of unbranched alkanes of at least 4 members (excludes halogenated alkanes) is 1. The number of carbonyl (C=O) groups is 1. The van der Waals surface area contributed by atoms with Crippen LogP contribution in [0.15, 0.2) is 97.1 Å². The molecule has 5 rings (SSSR count). The summed E-state index contributed by atoms with van der Waals surface area (Å²) in [5, 5.41) is 6.92. The third-order valence-corrected chi connectivity index (χ3v) is 9.68. The van der Waals surface area contributed by atoms with E-state index in [1.54, 1.807) is 26.4 Å². The summed E-state index contributed by atoms with van der Waals surface area (Å²) in [5.41, 5.74) is 5.71. The average molecular weight is 623 g/mol. The van der Waals surface area contributed by atoms with Crippen LogP contribution in [0.4, 0.5) is 4.39 Å². The molecule has 4 aromatic rings. The summed E-state index contributed by atoms with van der Waals surface area (Å²) in [4.78, 5) is 12.7.